The second-order valence-electron chi connectivity index (χ2n) is 2.48. The van der Waals surface area contributed by atoms with Crippen LogP contribution < -0.4 is 0 Å². The van der Waals surface area contributed by atoms with Crippen LogP contribution in [-0.2, 0) is 0 Å². The Morgan fingerprint density at radius 1 is 1.54 bits per heavy atom. The summed E-state index contributed by atoms with van der Waals surface area (Å²) in [5.41, 5.74) is 0.504. The van der Waals surface area contributed by atoms with Crippen LogP contribution in [0.1, 0.15) is 0 Å². The van der Waals surface area contributed by atoms with Gasteiger partial charge in [-0.2, -0.15) is 5.10 Å². The fourth-order valence-corrected chi connectivity index (χ4v) is 1.40. The maximum absolute atomic E-state index is 10.6. The molecule has 66 valence electrons. The minimum Gasteiger partial charge on any atom is -0.278 e. The van der Waals surface area contributed by atoms with E-state index in [1.807, 2.05) is 0 Å². The lowest BCUT2D eigenvalue weighted by Crippen LogP contribution is -1.89. The van der Waals surface area contributed by atoms with Crippen molar-refractivity contribution >= 4 is 28.2 Å². The van der Waals surface area contributed by atoms with E-state index < -0.39 is 4.92 Å². The first-order valence-electron chi connectivity index (χ1n) is 3.46. The Balaban J connectivity index is 2.88. The highest BCUT2D eigenvalue weighted by molar-refractivity contribution is 6.34. The van der Waals surface area contributed by atoms with Crippen molar-refractivity contribution in [3.8, 4) is 0 Å². The maximum atomic E-state index is 10.6. The van der Waals surface area contributed by atoms with Crippen molar-refractivity contribution in [2.24, 2.45) is 0 Å². The summed E-state index contributed by atoms with van der Waals surface area (Å²) in [6.07, 6.45) is 1.39. The summed E-state index contributed by atoms with van der Waals surface area (Å²) in [5.74, 6) is 0. The van der Waals surface area contributed by atoms with Gasteiger partial charge in [0, 0.05) is 0 Å². The van der Waals surface area contributed by atoms with Crippen LogP contribution in [0, 0.1) is 10.1 Å². The molecule has 5 nitrogen and oxygen atoms in total. The molecule has 2 rings (SSSR count). The summed E-state index contributed by atoms with van der Waals surface area (Å²) in [7, 11) is 0. The Morgan fingerprint density at radius 3 is 3.00 bits per heavy atom. The molecule has 0 aliphatic carbocycles. The van der Waals surface area contributed by atoms with E-state index in [0.29, 0.717) is 10.9 Å². The minimum atomic E-state index is -0.514. The number of benzene rings is 1. The van der Waals surface area contributed by atoms with Gasteiger partial charge in [-0.25, -0.2) is 0 Å². The number of halogens is 1. The fraction of sp³-hybridized carbons (Fsp3) is 0. The number of rotatable bonds is 1. The van der Waals surface area contributed by atoms with Crippen molar-refractivity contribution in [1.29, 1.82) is 0 Å². The molecule has 1 N–H and O–H groups in total. The van der Waals surface area contributed by atoms with E-state index >= 15 is 0 Å². The molecule has 0 fully saturated rings. The van der Waals surface area contributed by atoms with E-state index in [1.165, 1.54) is 12.3 Å². The molecule has 0 saturated carbocycles. The molecule has 0 radical (unpaired) electrons. The third kappa shape index (κ3) is 1.13. The molecule has 0 bridgehead atoms. The van der Waals surface area contributed by atoms with E-state index in [9.17, 15) is 10.1 Å². The highest BCUT2D eigenvalue weighted by Gasteiger charge is 2.17. The number of fused-ring (bicyclic) bond motifs is 1. The average Bonchev–Trinajstić information content (AvgIpc) is 2.50. The lowest BCUT2D eigenvalue weighted by Gasteiger charge is -1.94. The van der Waals surface area contributed by atoms with Crippen LogP contribution >= 0.6 is 11.6 Å². The van der Waals surface area contributed by atoms with E-state index in [4.69, 9.17) is 11.6 Å². The number of nitrogens with one attached hydrogen (secondary N) is 1. The maximum Gasteiger partial charge on any atom is 0.298 e. The molecular weight excluding hydrogens is 194 g/mol. The summed E-state index contributed by atoms with van der Waals surface area (Å²) >= 11 is 5.67. The highest BCUT2D eigenvalue weighted by Crippen LogP contribution is 2.31. The van der Waals surface area contributed by atoms with Gasteiger partial charge in [0.2, 0.25) is 0 Å². The Morgan fingerprint density at radius 2 is 2.31 bits per heavy atom. The van der Waals surface area contributed by atoms with Gasteiger partial charge in [-0.15, -0.1) is 0 Å². The lowest BCUT2D eigenvalue weighted by atomic mass is 10.2. The number of nitro groups is 1. The van der Waals surface area contributed by atoms with Crippen molar-refractivity contribution in [1.82, 2.24) is 10.2 Å². The molecule has 0 saturated heterocycles. The van der Waals surface area contributed by atoms with Crippen LogP contribution in [0.15, 0.2) is 18.3 Å². The molecule has 1 aromatic carbocycles. The molecule has 6 heteroatoms. The van der Waals surface area contributed by atoms with Crippen molar-refractivity contribution in [3.05, 3.63) is 33.5 Å². The Bertz CT molecular complexity index is 480. The molecule has 13 heavy (non-hydrogen) atoms. The number of H-pyrrole nitrogens is 1. The number of nitro benzene ring substituents is 1. The SMILES string of the molecule is O=[N+]([O-])c1c(Cl)ccc2[nH]ncc12. The molecule has 0 unspecified atom stereocenters. The second-order valence-corrected chi connectivity index (χ2v) is 2.89. The Hall–Kier alpha value is -1.62. The summed E-state index contributed by atoms with van der Waals surface area (Å²) in [6, 6.07) is 3.12. The van der Waals surface area contributed by atoms with E-state index in [1.54, 1.807) is 6.07 Å². The molecule has 0 amide bonds. The highest BCUT2D eigenvalue weighted by atomic mass is 35.5. The topological polar surface area (TPSA) is 71.8 Å². The van der Waals surface area contributed by atoms with Gasteiger partial charge >= 0.3 is 0 Å². The van der Waals surface area contributed by atoms with Crippen molar-refractivity contribution in [2.45, 2.75) is 0 Å². The third-order valence-corrected chi connectivity index (χ3v) is 2.03. The van der Waals surface area contributed by atoms with Crippen LogP contribution in [0.3, 0.4) is 0 Å². The number of hydrogen-bond acceptors (Lipinski definition) is 3. The van der Waals surface area contributed by atoms with Gasteiger partial charge < -0.3 is 0 Å². The number of aromatic nitrogens is 2. The van der Waals surface area contributed by atoms with E-state index in [-0.39, 0.29) is 10.7 Å². The predicted octanol–water partition coefficient (Wildman–Crippen LogP) is 2.12. The zero-order chi connectivity index (χ0) is 9.42. The molecular formula is C7H4ClN3O2. The first-order valence-corrected chi connectivity index (χ1v) is 3.84. The van der Waals surface area contributed by atoms with Gasteiger partial charge in [-0.1, -0.05) is 11.6 Å². The third-order valence-electron chi connectivity index (χ3n) is 1.73. The Labute approximate surface area is 77.5 Å². The number of nitrogens with zero attached hydrogens (tertiary/aromatic N) is 2. The standard InChI is InChI=1S/C7H4ClN3O2/c8-5-1-2-6-4(3-9-10-6)7(5)11(12)13/h1-3H,(H,9,10). The fourth-order valence-electron chi connectivity index (χ4n) is 1.16. The summed E-state index contributed by atoms with van der Waals surface area (Å²) in [6.45, 7) is 0. The normalized spacial score (nSPS) is 10.5. The minimum absolute atomic E-state index is 0.104. The van der Waals surface area contributed by atoms with E-state index in [2.05, 4.69) is 10.2 Å². The van der Waals surface area contributed by atoms with Crippen LogP contribution in [0.2, 0.25) is 5.02 Å². The van der Waals surface area contributed by atoms with Crippen LogP contribution in [0.4, 0.5) is 5.69 Å². The van der Waals surface area contributed by atoms with Crippen molar-refractivity contribution in [3.63, 3.8) is 0 Å². The van der Waals surface area contributed by atoms with Gasteiger partial charge in [0.25, 0.3) is 5.69 Å². The van der Waals surface area contributed by atoms with Crippen LogP contribution in [-0.4, -0.2) is 15.1 Å². The van der Waals surface area contributed by atoms with Gasteiger partial charge in [0.1, 0.15) is 5.02 Å². The van der Waals surface area contributed by atoms with Crippen LogP contribution in [0.5, 0.6) is 0 Å². The predicted molar refractivity (Wildman–Crippen MR) is 47.8 cm³/mol. The molecule has 0 spiro atoms. The Kier molecular flexibility index (Phi) is 1.66. The molecule has 1 aromatic heterocycles. The molecule has 0 aliphatic rings. The molecule has 0 atom stereocenters. The molecule has 2 aromatic rings. The van der Waals surface area contributed by atoms with Crippen molar-refractivity contribution < 1.29 is 4.92 Å². The zero-order valence-electron chi connectivity index (χ0n) is 6.32. The van der Waals surface area contributed by atoms with Gasteiger partial charge in [-0.3, -0.25) is 15.2 Å². The first-order chi connectivity index (χ1) is 6.20. The lowest BCUT2D eigenvalue weighted by molar-refractivity contribution is -0.382. The smallest absolute Gasteiger partial charge is 0.278 e. The van der Waals surface area contributed by atoms with Crippen LogP contribution in [0.25, 0.3) is 10.9 Å². The van der Waals surface area contributed by atoms with Gasteiger partial charge in [0.15, 0.2) is 0 Å². The number of aromatic amines is 1. The molecule has 1 heterocycles. The summed E-state index contributed by atoms with van der Waals surface area (Å²) in [4.78, 5) is 10.1. The summed E-state index contributed by atoms with van der Waals surface area (Å²) < 4.78 is 0. The second kappa shape index (κ2) is 2.70. The zero-order valence-corrected chi connectivity index (χ0v) is 7.08. The quantitative estimate of drug-likeness (QED) is 0.562. The van der Waals surface area contributed by atoms with Gasteiger partial charge in [0.05, 0.1) is 22.0 Å². The summed E-state index contributed by atoms with van der Waals surface area (Å²) in [5, 5.41) is 17.5. The molecule has 0 aliphatic heterocycles. The number of hydrogen-bond donors (Lipinski definition) is 1. The van der Waals surface area contributed by atoms with Crippen molar-refractivity contribution in [2.75, 3.05) is 0 Å². The first kappa shape index (κ1) is 8.00. The van der Waals surface area contributed by atoms with E-state index in [0.717, 1.165) is 0 Å². The average molecular weight is 198 g/mol. The largest absolute Gasteiger partial charge is 0.298 e. The van der Waals surface area contributed by atoms with Gasteiger partial charge in [-0.05, 0) is 12.1 Å². The monoisotopic (exact) mass is 197 g/mol.